The highest BCUT2D eigenvalue weighted by Gasteiger charge is 2.33. The Morgan fingerprint density at radius 1 is 0.667 bits per heavy atom. The molecule has 2 nitrogen and oxygen atoms in total. The maximum atomic E-state index is 12.3. The van der Waals surface area contributed by atoms with Crippen molar-refractivity contribution < 1.29 is 9.53 Å². The molecule has 1 saturated heterocycles. The maximum Gasteiger partial charge on any atom is 0.309 e. The van der Waals surface area contributed by atoms with Gasteiger partial charge >= 0.3 is 5.97 Å². The van der Waals surface area contributed by atoms with Crippen molar-refractivity contribution in [2.24, 2.45) is 29.6 Å². The first-order chi connectivity index (χ1) is 13.2. The van der Waals surface area contributed by atoms with Crippen LogP contribution in [-0.2, 0) is 9.53 Å². The molecule has 2 aliphatic carbocycles. The van der Waals surface area contributed by atoms with Crippen LogP contribution < -0.4 is 0 Å². The zero-order valence-electron chi connectivity index (χ0n) is 18.1. The molecule has 0 radical (unpaired) electrons. The van der Waals surface area contributed by atoms with E-state index in [-0.39, 0.29) is 18.0 Å². The number of cyclic esters (lactones) is 1. The summed E-state index contributed by atoms with van der Waals surface area (Å²) in [4.78, 5) is 12.3. The van der Waals surface area contributed by atoms with Gasteiger partial charge in [-0.2, -0.15) is 0 Å². The summed E-state index contributed by atoms with van der Waals surface area (Å²) in [5.74, 6) is 4.26. The summed E-state index contributed by atoms with van der Waals surface area (Å²) in [5.41, 5.74) is 0. The summed E-state index contributed by atoms with van der Waals surface area (Å²) in [5, 5.41) is 0. The topological polar surface area (TPSA) is 26.3 Å². The fourth-order valence-electron chi connectivity index (χ4n) is 6.35. The van der Waals surface area contributed by atoms with Gasteiger partial charge in [-0.3, -0.25) is 4.79 Å². The second-order valence-electron chi connectivity index (χ2n) is 10.0. The van der Waals surface area contributed by atoms with E-state index in [1.54, 1.807) is 0 Å². The van der Waals surface area contributed by atoms with Gasteiger partial charge in [0.2, 0.25) is 0 Å². The van der Waals surface area contributed by atoms with Crippen molar-refractivity contribution in [3.05, 3.63) is 0 Å². The lowest BCUT2D eigenvalue weighted by molar-refractivity contribution is -0.161. The van der Waals surface area contributed by atoms with E-state index in [0.717, 1.165) is 55.8 Å². The van der Waals surface area contributed by atoms with Crippen molar-refractivity contribution in [2.45, 2.75) is 123 Å². The van der Waals surface area contributed by atoms with Crippen molar-refractivity contribution in [3.8, 4) is 0 Å². The minimum atomic E-state index is 0.109. The Balaban J connectivity index is 1.31. The first kappa shape index (κ1) is 21.2. The van der Waals surface area contributed by atoms with Crippen LogP contribution in [0.25, 0.3) is 0 Å². The van der Waals surface area contributed by atoms with Crippen LogP contribution in [0, 0.1) is 29.6 Å². The predicted molar refractivity (Wildman–Crippen MR) is 113 cm³/mol. The van der Waals surface area contributed by atoms with Crippen LogP contribution >= 0.6 is 0 Å². The Bertz CT molecular complexity index is 430. The van der Waals surface area contributed by atoms with Crippen LogP contribution in [0.4, 0.5) is 0 Å². The van der Waals surface area contributed by atoms with Crippen LogP contribution in [0.3, 0.4) is 0 Å². The van der Waals surface area contributed by atoms with Gasteiger partial charge in [-0.1, -0.05) is 58.8 Å². The minimum absolute atomic E-state index is 0.109. The fraction of sp³-hybridized carbons (Fsp3) is 0.960. The van der Waals surface area contributed by atoms with Crippen molar-refractivity contribution in [3.63, 3.8) is 0 Å². The standard InChI is InChI=1S/C25H44O2/c1-3-5-19-7-12-21(13-8-19)22-14-9-20(10-15-22)11-16-23-17-18-24(6-4-2)27-25(23)26/h19-24H,3-18H2,1-2H3. The molecule has 0 bridgehead atoms. The highest BCUT2D eigenvalue weighted by atomic mass is 16.5. The summed E-state index contributed by atoms with van der Waals surface area (Å²) in [6, 6.07) is 0. The van der Waals surface area contributed by atoms with Crippen molar-refractivity contribution in [1.29, 1.82) is 0 Å². The molecule has 0 aromatic carbocycles. The Morgan fingerprint density at radius 3 is 1.74 bits per heavy atom. The smallest absolute Gasteiger partial charge is 0.309 e. The minimum Gasteiger partial charge on any atom is -0.462 e. The van der Waals surface area contributed by atoms with Crippen molar-refractivity contribution in [1.82, 2.24) is 0 Å². The Morgan fingerprint density at radius 2 is 1.22 bits per heavy atom. The second kappa shape index (κ2) is 10.9. The lowest BCUT2D eigenvalue weighted by atomic mass is 9.68. The maximum absolute atomic E-state index is 12.3. The van der Waals surface area contributed by atoms with E-state index >= 15 is 0 Å². The lowest BCUT2D eigenvalue weighted by Crippen LogP contribution is -2.31. The van der Waals surface area contributed by atoms with Crippen molar-refractivity contribution in [2.75, 3.05) is 0 Å². The molecule has 2 saturated carbocycles. The lowest BCUT2D eigenvalue weighted by Gasteiger charge is -2.38. The van der Waals surface area contributed by atoms with Gasteiger partial charge in [0.05, 0.1) is 5.92 Å². The monoisotopic (exact) mass is 376 g/mol. The number of esters is 1. The summed E-state index contributed by atoms with van der Waals surface area (Å²) in [7, 11) is 0. The van der Waals surface area contributed by atoms with E-state index in [0.29, 0.717) is 0 Å². The normalized spacial score (nSPS) is 37.8. The third kappa shape index (κ3) is 6.23. The molecule has 0 aromatic rings. The Hall–Kier alpha value is -0.530. The molecule has 3 aliphatic rings. The third-order valence-electron chi connectivity index (χ3n) is 8.13. The highest BCUT2D eigenvalue weighted by Crippen LogP contribution is 2.43. The zero-order valence-corrected chi connectivity index (χ0v) is 18.1. The van der Waals surface area contributed by atoms with Crippen LogP contribution in [0.15, 0.2) is 0 Å². The molecule has 3 fully saturated rings. The first-order valence-corrected chi connectivity index (χ1v) is 12.4. The van der Waals surface area contributed by atoms with E-state index < -0.39 is 0 Å². The van der Waals surface area contributed by atoms with Crippen LogP contribution in [-0.4, -0.2) is 12.1 Å². The van der Waals surface area contributed by atoms with Gasteiger partial charge in [-0.05, 0) is 81.5 Å². The number of carbonyl (C=O) groups excluding carboxylic acids is 1. The first-order valence-electron chi connectivity index (χ1n) is 12.4. The van der Waals surface area contributed by atoms with Gasteiger partial charge < -0.3 is 4.74 Å². The number of rotatable bonds is 8. The molecule has 3 rings (SSSR count). The molecule has 0 aromatic heterocycles. The fourth-order valence-corrected chi connectivity index (χ4v) is 6.35. The molecule has 2 heteroatoms. The van der Waals surface area contributed by atoms with Crippen LogP contribution in [0.2, 0.25) is 0 Å². The summed E-state index contributed by atoms with van der Waals surface area (Å²) >= 11 is 0. The quantitative estimate of drug-likeness (QED) is 0.415. The van der Waals surface area contributed by atoms with E-state index in [2.05, 4.69) is 13.8 Å². The molecule has 1 aliphatic heterocycles. The molecular weight excluding hydrogens is 332 g/mol. The van der Waals surface area contributed by atoms with E-state index in [1.165, 1.54) is 70.6 Å². The average Bonchev–Trinajstić information content (AvgIpc) is 2.69. The molecule has 1 heterocycles. The molecule has 27 heavy (non-hydrogen) atoms. The second-order valence-corrected chi connectivity index (χ2v) is 10.0. The van der Waals surface area contributed by atoms with Crippen molar-refractivity contribution >= 4 is 5.97 Å². The summed E-state index contributed by atoms with van der Waals surface area (Å²) in [6.07, 6.45) is 21.5. The zero-order chi connectivity index (χ0) is 19.1. The van der Waals surface area contributed by atoms with E-state index in [1.807, 2.05) is 0 Å². The molecule has 0 amide bonds. The SMILES string of the molecule is CCCC1CCC(C2CCC(CCC3CCC(CCC)OC3=O)CC2)CC1. The number of carbonyl (C=O) groups is 1. The molecule has 2 atom stereocenters. The van der Waals surface area contributed by atoms with E-state index in [9.17, 15) is 4.79 Å². The average molecular weight is 377 g/mol. The number of hydrogen-bond acceptors (Lipinski definition) is 2. The Labute approximate surface area is 168 Å². The van der Waals surface area contributed by atoms with Gasteiger partial charge in [0.25, 0.3) is 0 Å². The van der Waals surface area contributed by atoms with Gasteiger partial charge in [0, 0.05) is 0 Å². The van der Waals surface area contributed by atoms with Gasteiger partial charge in [0.1, 0.15) is 6.10 Å². The molecule has 2 unspecified atom stereocenters. The van der Waals surface area contributed by atoms with Gasteiger partial charge in [0.15, 0.2) is 0 Å². The molecule has 156 valence electrons. The number of ether oxygens (including phenoxy) is 1. The Kier molecular flexibility index (Phi) is 8.52. The third-order valence-corrected chi connectivity index (χ3v) is 8.13. The highest BCUT2D eigenvalue weighted by molar-refractivity contribution is 5.73. The van der Waals surface area contributed by atoms with Gasteiger partial charge in [-0.15, -0.1) is 0 Å². The largest absolute Gasteiger partial charge is 0.462 e. The molecule has 0 N–H and O–H groups in total. The molecular formula is C25H44O2. The van der Waals surface area contributed by atoms with Crippen LogP contribution in [0.5, 0.6) is 0 Å². The molecule has 0 spiro atoms. The number of hydrogen-bond donors (Lipinski definition) is 0. The summed E-state index contributed by atoms with van der Waals surface area (Å²) in [6.45, 7) is 4.51. The van der Waals surface area contributed by atoms with Gasteiger partial charge in [-0.25, -0.2) is 0 Å². The van der Waals surface area contributed by atoms with E-state index in [4.69, 9.17) is 4.74 Å². The van der Waals surface area contributed by atoms with Crippen LogP contribution in [0.1, 0.15) is 117 Å². The predicted octanol–water partition coefficient (Wildman–Crippen LogP) is 7.30. The summed E-state index contributed by atoms with van der Waals surface area (Å²) < 4.78 is 5.66.